The highest BCUT2D eigenvalue weighted by molar-refractivity contribution is 5.39. The second kappa shape index (κ2) is 6.77. The number of methoxy groups -OCH3 is 1. The lowest BCUT2D eigenvalue weighted by atomic mass is 10.1. The molecule has 0 fully saturated rings. The van der Waals surface area contributed by atoms with Crippen molar-refractivity contribution in [2.75, 3.05) is 13.9 Å². The molecule has 1 rings (SSSR count). The van der Waals surface area contributed by atoms with E-state index in [1.807, 2.05) is 13.8 Å². The van der Waals surface area contributed by atoms with Crippen molar-refractivity contribution >= 4 is 0 Å². The van der Waals surface area contributed by atoms with Crippen LogP contribution in [-0.2, 0) is 17.5 Å². The highest BCUT2D eigenvalue weighted by atomic mass is 19.4. The molecule has 3 nitrogen and oxygen atoms in total. The van der Waals surface area contributed by atoms with Gasteiger partial charge in [-0.1, -0.05) is 19.9 Å². The zero-order chi connectivity index (χ0) is 14.5. The summed E-state index contributed by atoms with van der Waals surface area (Å²) in [6, 6.07) is 4.23. The average molecular weight is 277 g/mol. The maximum Gasteiger partial charge on any atom is 0.419 e. The van der Waals surface area contributed by atoms with E-state index >= 15 is 0 Å². The van der Waals surface area contributed by atoms with Crippen molar-refractivity contribution in [2.45, 2.75) is 32.6 Å². The van der Waals surface area contributed by atoms with Crippen LogP contribution in [0.3, 0.4) is 0 Å². The van der Waals surface area contributed by atoms with Crippen molar-refractivity contribution < 1.29 is 22.6 Å². The Kier molecular flexibility index (Phi) is 5.62. The number of nitrogens with one attached hydrogen (secondary N) is 1. The number of benzene rings is 1. The van der Waals surface area contributed by atoms with Gasteiger partial charge in [-0.25, -0.2) is 0 Å². The Morgan fingerprint density at radius 1 is 1.26 bits per heavy atom. The van der Waals surface area contributed by atoms with E-state index in [0.717, 1.165) is 6.07 Å². The molecule has 0 aliphatic heterocycles. The fourth-order valence-corrected chi connectivity index (χ4v) is 1.48. The highest BCUT2D eigenvalue weighted by Gasteiger charge is 2.34. The third-order valence-electron chi connectivity index (χ3n) is 2.40. The molecule has 0 unspecified atom stereocenters. The third-order valence-corrected chi connectivity index (χ3v) is 2.40. The number of hydrogen-bond acceptors (Lipinski definition) is 3. The Bertz CT molecular complexity index is 405. The third kappa shape index (κ3) is 5.08. The second-order valence-corrected chi connectivity index (χ2v) is 4.41. The molecule has 0 spiro atoms. The van der Waals surface area contributed by atoms with Crippen molar-refractivity contribution in [3.63, 3.8) is 0 Å². The van der Waals surface area contributed by atoms with Gasteiger partial charge in [-0.15, -0.1) is 0 Å². The van der Waals surface area contributed by atoms with Gasteiger partial charge in [-0.3, -0.25) is 0 Å². The van der Waals surface area contributed by atoms with E-state index in [2.05, 4.69) is 10.1 Å². The Morgan fingerprint density at radius 2 is 1.95 bits per heavy atom. The molecular formula is C13H18F3NO2. The molecule has 0 bridgehead atoms. The van der Waals surface area contributed by atoms with E-state index in [-0.39, 0.29) is 18.6 Å². The normalized spacial score (nSPS) is 11.9. The van der Waals surface area contributed by atoms with Gasteiger partial charge in [0.1, 0.15) is 5.75 Å². The van der Waals surface area contributed by atoms with Crippen molar-refractivity contribution in [1.82, 2.24) is 5.32 Å². The monoisotopic (exact) mass is 277 g/mol. The van der Waals surface area contributed by atoms with Crippen molar-refractivity contribution in [1.29, 1.82) is 0 Å². The molecule has 0 atom stereocenters. The van der Waals surface area contributed by atoms with E-state index in [1.54, 1.807) is 6.07 Å². The largest absolute Gasteiger partial charge is 0.467 e. The SMILES string of the molecule is COCOc1ccc(CNC(C)C)cc1C(F)(F)F. The predicted octanol–water partition coefficient (Wildman–Crippen LogP) is 3.19. The lowest BCUT2D eigenvalue weighted by Gasteiger charge is -2.15. The summed E-state index contributed by atoms with van der Waals surface area (Å²) in [5.41, 5.74) is -0.224. The second-order valence-electron chi connectivity index (χ2n) is 4.41. The number of hydrogen-bond donors (Lipinski definition) is 1. The molecule has 1 aromatic carbocycles. The van der Waals surface area contributed by atoms with Crippen LogP contribution in [-0.4, -0.2) is 19.9 Å². The molecule has 19 heavy (non-hydrogen) atoms. The fraction of sp³-hybridized carbons (Fsp3) is 0.538. The first-order valence-electron chi connectivity index (χ1n) is 5.90. The smallest absolute Gasteiger partial charge is 0.419 e. The van der Waals surface area contributed by atoms with Crippen LogP contribution in [0.5, 0.6) is 5.75 Å². The molecule has 1 N–H and O–H groups in total. The summed E-state index contributed by atoms with van der Waals surface area (Å²) in [7, 11) is 1.36. The Hall–Kier alpha value is -1.27. The van der Waals surface area contributed by atoms with Gasteiger partial charge < -0.3 is 14.8 Å². The zero-order valence-electron chi connectivity index (χ0n) is 11.2. The summed E-state index contributed by atoms with van der Waals surface area (Å²) >= 11 is 0. The molecule has 108 valence electrons. The molecule has 0 radical (unpaired) electrons. The summed E-state index contributed by atoms with van der Waals surface area (Å²) in [4.78, 5) is 0. The van der Waals surface area contributed by atoms with E-state index in [4.69, 9.17) is 4.74 Å². The van der Waals surface area contributed by atoms with Gasteiger partial charge in [-0.05, 0) is 17.7 Å². The van der Waals surface area contributed by atoms with Gasteiger partial charge in [0.2, 0.25) is 0 Å². The van der Waals surface area contributed by atoms with Crippen LogP contribution >= 0.6 is 0 Å². The molecule has 1 aromatic rings. The molecule has 6 heteroatoms. The summed E-state index contributed by atoms with van der Waals surface area (Å²) in [5, 5.41) is 3.07. The number of alkyl halides is 3. The van der Waals surface area contributed by atoms with Crippen molar-refractivity contribution in [3.05, 3.63) is 29.3 Å². The first-order valence-corrected chi connectivity index (χ1v) is 5.90. The standard InChI is InChI=1S/C13H18F3NO2/c1-9(2)17-7-10-4-5-12(19-8-18-3)11(6-10)13(14,15)16/h4-6,9,17H,7-8H2,1-3H3. The lowest BCUT2D eigenvalue weighted by Crippen LogP contribution is -2.22. The van der Waals surface area contributed by atoms with E-state index in [9.17, 15) is 13.2 Å². The van der Waals surface area contributed by atoms with Crippen LogP contribution in [0.25, 0.3) is 0 Å². The summed E-state index contributed by atoms with van der Waals surface area (Å²) in [6.45, 7) is 4.03. The fourth-order valence-electron chi connectivity index (χ4n) is 1.48. The van der Waals surface area contributed by atoms with Crippen LogP contribution in [0.4, 0.5) is 13.2 Å². The highest BCUT2D eigenvalue weighted by Crippen LogP contribution is 2.36. The molecule has 0 heterocycles. The number of ether oxygens (including phenoxy) is 2. The number of rotatable bonds is 6. The van der Waals surface area contributed by atoms with Gasteiger partial charge in [0.25, 0.3) is 0 Å². The van der Waals surface area contributed by atoms with E-state index in [1.165, 1.54) is 13.2 Å². The minimum Gasteiger partial charge on any atom is -0.467 e. The quantitative estimate of drug-likeness (QED) is 0.810. The summed E-state index contributed by atoms with van der Waals surface area (Å²) in [5.74, 6) is -0.220. The van der Waals surface area contributed by atoms with Gasteiger partial charge >= 0.3 is 6.18 Å². The van der Waals surface area contributed by atoms with Gasteiger partial charge in [0.15, 0.2) is 6.79 Å². The van der Waals surface area contributed by atoms with Crippen LogP contribution in [0, 0.1) is 0 Å². The summed E-state index contributed by atoms with van der Waals surface area (Å²) in [6.07, 6.45) is -4.45. The molecule has 0 aromatic heterocycles. The van der Waals surface area contributed by atoms with Crippen molar-refractivity contribution in [3.8, 4) is 5.75 Å². The molecule has 0 aliphatic rings. The molecule has 0 aliphatic carbocycles. The minimum atomic E-state index is -4.45. The molecular weight excluding hydrogens is 259 g/mol. The van der Waals surface area contributed by atoms with Crippen LogP contribution in [0.1, 0.15) is 25.0 Å². The zero-order valence-corrected chi connectivity index (χ0v) is 11.2. The number of halogens is 3. The average Bonchev–Trinajstić information content (AvgIpc) is 2.33. The van der Waals surface area contributed by atoms with Crippen LogP contribution < -0.4 is 10.1 Å². The molecule has 0 saturated heterocycles. The molecule has 0 amide bonds. The predicted molar refractivity (Wildman–Crippen MR) is 65.9 cm³/mol. The minimum absolute atomic E-state index is 0.207. The first kappa shape index (κ1) is 15.8. The van der Waals surface area contributed by atoms with Crippen LogP contribution in [0.15, 0.2) is 18.2 Å². The Labute approximate surface area is 110 Å². The van der Waals surface area contributed by atoms with Crippen molar-refractivity contribution in [2.24, 2.45) is 0 Å². The van der Waals surface area contributed by atoms with Gasteiger partial charge in [-0.2, -0.15) is 13.2 Å². The Balaban J connectivity index is 2.95. The van der Waals surface area contributed by atoms with E-state index < -0.39 is 11.7 Å². The molecule has 0 saturated carbocycles. The lowest BCUT2D eigenvalue weighted by molar-refractivity contribution is -0.139. The van der Waals surface area contributed by atoms with Gasteiger partial charge in [0, 0.05) is 19.7 Å². The maximum atomic E-state index is 12.9. The first-order chi connectivity index (χ1) is 8.84. The van der Waals surface area contributed by atoms with E-state index in [0.29, 0.717) is 12.1 Å². The van der Waals surface area contributed by atoms with Gasteiger partial charge in [0.05, 0.1) is 5.56 Å². The summed E-state index contributed by atoms with van der Waals surface area (Å²) < 4.78 is 48.3. The maximum absolute atomic E-state index is 12.9. The van der Waals surface area contributed by atoms with Crippen LogP contribution in [0.2, 0.25) is 0 Å². The Morgan fingerprint density at radius 3 is 2.47 bits per heavy atom. The topological polar surface area (TPSA) is 30.5 Å².